The summed E-state index contributed by atoms with van der Waals surface area (Å²) < 4.78 is 232. The van der Waals surface area contributed by atoms with Gasteiger partial charge < -0.3 is 0 Å². The van der Waals surface area contributed by atoms with E-state index >= 15 is 0 Å². The van der Waals surface area contributed by atoms with Crippen LogP contribution < -0.4 is 0 Å². The molecule has 0 aromatic heterocycles. The molecule has 1 aromatic carbocycles. The molecule has 2 saturated carbocycles. The summed E-state index contributed by atoms with van der Waals surface area (Å²) >= 11 is 0. The summed E-state index contributed by atoms with van der Waals surface area (Å²) in [4.78, 5) is 0. The molecule has 1 aromatic rings. The zero-order chi connectivity index (χ0) is 37.5. The van der Waals surface area contributed by atoms with E-state index in [1.165, 1.54) is 38.5 Å². The van der Waals surface area contributed by atoms with Crippen molar-refractivity contribution in [2.24, 2.45) is 17.8 Å². The van der Waals surface area contributed by atoms with Crippen molar-refractivity contribution in [3.63, 3.8) is 0 Å². The predicted octanol–water partition coefficient (Wildman–Crippen LogP) is 13.2. The SMILES string of the molecule is CCCC[C@H]1CC[C@H](CC[C@H]2CC[C@H](c3ccc(C(F)(F)C(F)(F)C(F)(F)C(F)(F)C(F)(F)C(F)(F)C(F)(F)C(F)(F)F)cc3)CC2)CC1. The number of alkyl halides is 17. The van der Waals surface area contributed by atoms with Crippen molar-refractivity contribution in [1.29, 1.82) is 0 Å². The number of halogens is 17. The molecule has 0 saturated heterocycles. The van der Waals surface area contributed by atoms with Gasteiger partial charge >= 0.3 is 47.6 Å². The summed E-state index contributed by atoms with van der Waals surface area (Å²) in [5.41, 5.74) is -1.89. The van der Waals surface area contributed by atoms with Crippen LogP contribution in [0.25, 0.3) is 0 Å². The number of unbranched alkanes of at least 4 members (excludes halogenated alkanes) is 1. The molecule has 17 heteroatoms. The van der Waals surface area contributed by atoms with Gasteiger partial charge in [-0.1, -0.05) is 89.0 Å². The molecule has 0 N–H and O–H groups in total. The quantitative estimate of drug-likeness (QED) is 0.166. The summed E-state index contributed by atoms with van der Waals surface area (Å²) in [6, 6.07) is 1.77. The topological polar surface area (TPSA) is 0 Å². The maximum absolute atomic E-state index is 14.7. The lowest BCUT2D eigenvalue weighted by molar-refractivity contribution is -0.462. The molecule has 0 amide bonds. The van der Waals surface area contributed by atoms with Crippen LogP contribution in [0.4, 0.5) is 74.6 Å². The second-order valence-corrected chi connectivity index (χ2v) is 13.5. The maximum Gasteiger partial charge on any atom is 0.460 e. The average Bonchev–Trinajstić information content (AvgIpc) is 3.02. The molecule has 0 aliphatic heterocycles. The average molecular weight is 745 g/mol. The number of rotatable bonds is 14. The minimum Gasteiger partial charge on any atom is -0.194 e. The summed E-state index contributed by atoms with van der Waals surface area (Å²) in [6.45, 7) is 2.16. The zero-order valence-electron chi connectivity index (χ0n) is 26.2. The molecule has 0 heterocycles. The Bertz CT molecular complexity index is 1200. The van der Waals surface area contributed by atoms with Crippen LogP contribution in [-0.4, -0.2) is 41.7 Å². The van der Waals surface area contributed by atoms with E-state index in [1.54, 1.807) is 0 Å². The van der Waals surface area contributed by atoms with E-state index in [9.17, 15) is 74.6 Å². The largest absolute Gasteiger partial charge is 0.460 e. The predicted molar refractivity (Wildman–Crippen MR) is 145 cm³/mol. The normalized spacial score (nSPS) is 24.3. The first kappa shape index (κ1) is 41.5. The van der Waals surface area contributed by atoms with Crippen LogP contribution in [0.1, 0.15) is 107 Å². The van der Waals surface area contributed by atoms with E-state index in [4.69, 9.17) is 0 Å². The van der Waals surface area contributed by atoms with Crippen molar-refractivity contribution in [2.75, 3.05) is 0 Å². The van der Waals surface area contributed by atoms with Gasteiger partial charge in [0.05, 0.1) is 0 Å². The third kappa shape index (κ3) is 7.37. The molecule has 0 unspecified atom stereocenters. The first-order valence-corrected chi connectivity index (χ1v) is 16.0. The van der Waals surface area contributed by atoms with Gasteiger partial charge in [-0.15, -0.1) is 0 Å². The van der Waals surface area contributed by atoms with E-state index < -0.39 is 53.2 Å². The van der Waals surface area contributed by atoms with Gasteiger partial charge in [-0.3, -0.25) is 0 Å². The van der Waals surface area contributed by atoms with E-state index in [2.05, 4.69) is 6.92 Å². The molecule has 3 rings (SSSR count). The second-order valence-electron chi connectivity index (χ2n) is 13.5. The fourth-order valence-corrected chi connectivity index (χ4v) is 6.87. The van der Waals surface area contributed by atoms with Crippen LogP contribution in [0.15, 0.2) is 24.3 Å². The van der Waals surface area contributed by atoms with E-state index in [-0.39, 0.29) is 23.6 Å². The first-order valence-electron chi connectivity index (χ1n) is 16.0. The van der Waals surface area contributed by atoms with Crippen LogP contribution in [0.3, 0.4) is 0 Å². The minimum absolute atomic E-state index is 0.102. The Balaban J connectivity index is 1.68. The van der Waals surface area contributed by atoms with Crippen molar-refractivity contribution < 1.29 is 74.6 Å². The highest BCUT2D eigenvalue weighted by molar-refractivity contribution is 5.31. The van der Waals surface area contributed by atoms with E-state index in [0.29, 0.717) is 24.7 Å². The Labute approximate surface area is 272 Å². The molecule has 284 valence electrons. The minimum atomic E-state index is -8.63. The van der Waals surface area contributed by atoms with E-state index in [0.717, 1.165) is 50.2 Å². The summed E-state index contributed by atoms with van der Waals surface area (Å²) in [6.07, 6.45) is 5.22. The molecule has 2 aliphatic carbocycles. The van der Waals surface area contributed by atoms with Gasteiger partial charge in [-0.25, -0.2) is 0 Å². The Morgan fingerprint density at radius 1 is 0.449 bits per heavy atom. The van der Waals surface area contributed by atoms with Crippen molar-refractivity contribution in [3.05, 3.63) is 35.4 Å². The van der Waals surface area contributed by atoms with Gasteiger partial charge in [0.2, 0.25) is 0 Å². The highest BCUT2D eigenvalue weighted by atomic mass is 19.4. The molecule has 0 nitrogen and oxygen atoms in total. The Hall–Kier alpha value is -1.97. The Morgan fingerprint density at radius 2 is 0.796 bits per heavy atom. The molecule has 49 heavy (non-hydrogen) atoms. The van der Waals surface area contributed by atoms with Crippen LogP contribution in [0.2, 0.25) is 0 Å². The third-order valence-corrected chi connectivity index (χ3v) is 10.2. The molecule has 2 aliphatic rings. The third-order valence-electron chi connectivity index (χ3n) is 10.2. The number of benzene rings is 1. The fraction of sp³-hybridized carbons (Fsp3) is 0.812. The summed E-state index contributed by atoms with van der Waals surface area (Å²) in [5.74, 6) is -54.9. The van der Waals surface area contributed by atoms with Crippen molar-refractivity contribution in [3.8, 4) is 0 Å². The highest BCUT2D eigenvalue weighted by Crippen LogP contribution is 2.65. The van der Waals surface area contributed by atoms with Crippen LogP contribution in [0.5, 0.6) is 0 Å². The van der Waals surface area contributed by atoms with Gasteiger partial charge in [0, 0.05) is 5.56 Å². The fourth-order valence-electron chi connectivity index (χ4n) is 6.87. The molecular formula is C32H37F17. The molecule has 0 atom stereocenters. The van der Waals surface area contributed by atoms with Crippen molar-refractivity contribution >= 4 is 0 Å². The Morgan fingerprint density at radius 3 is 1.18 bits per heavy atom. The number of hydrogen-bond donors (Lipinski definition) is 0. The second kappa shape index (κ2) is 14.2. The van der Waals surface area contributed by atoms with Crippen molar-refractivity contribution in [1.82, 2.24) is 0 Å². The standard InChI is InChI=1S/C32H37F17/c1-2-3-4-19-5-7-20(8-6-19)9-10-21-11-13-22(14-12-21)23-15-17-24(18-16-23)25(33,34)26(35,36)27(37,38)28(39,40)29(41,42)30(43,44)31(45,46)32(47,48)49/h15-22H,2-14H2,1H3/t19-,20-,21-,22-. The number of hydrogen-bond acceptors (Lipinski definition) is 0. The van der Waals surface area contributed by atoms with Gasteiger partial charge in [0.1, 0.15) is 0 Å². The summed E-state index contributed by atoms with van der Waals surface area (Å²) in [5, 5.41) is 0. The van der Waals surface area contributed by atoms with Crippen LogP contribution >= 0.6 is 0 Å². The van der Waals surface area contributed by atoms with Gasteiger partial charge in [0.15, 0.2) is 0 Å². The summed E-state index contributed by atoms with van der Waals surface area (Å²) in [7, 11) is 0. The molecule has 0 bridgehead atoms. The highest BCUT2D eigenvalue weighted by Gasteiger charge is 2.95. The van der Waals surface area contributed by atoms with Crippen molar-refractivity contribution in [2.45, 2.75) is 144 Å². The molecule has 0 radical (unpaired) electrons. The van der Waals surface area contributed by atoms with Gasteiger partial charge in [0.25, 0.3) is 0 Å². The van der Waals surface area contributed by atoms with Gasteiger partial charge in [-0.2, -0.15) is 74.6 Å². The lowest BCUT2D eigenvalue weighted by Gasteiger charge is -2.42. The lowest BCUT2D eigenvalue weighted by Crippen LogP contribution is -2.74. The zero-order valence-corrected chi connectivity index (χ0v) is 26.2. The maximum atomic E-state index is 14.7. The molecule has 0 spiro atoms. The monoisotopic (exact) mass is 744 g/mol. The Kier molecular flexibility index (Phi) is 12.0. The lowest BCUT2D eigenvalue weighted by atomic mass is 9.74. The molecule has 2 fully saturated rings. The van der Waals surface area contributed by atoms with Gasteiger partial charge in [-0.05, 0) is 54.9 Å². The molecular weight excluding hydrogens is 707 g/mol. The van der Waals surface area contributed by atoms with Crippen LogP contribution in [-0.2, 0) is 5.92 Å². The van der Waals surface area contributed by atoms with E-state index in [1.807, 2.05) is 0 Å². The van der Waals surface area contributed by atoms with Crippen LogP contribution in [0, 0.1) is 17.8 Å². The first-order chi connectivity index (χ1) is 22.2. The smallest absolute Gasteiger partial charge is 0.194 e.